The number of nitrogens with zero attached hydrogens (tertiary/aromatic N) is 2. The van der Waals surface area contributed by atoms with Crippen molar-refractivity contribution < 1.29 is 4.79 Å². The Morgan fingerprint density at radius 3 is 3.17 bits per heavy atom. The van der Waals surface area contributed by atoms with E-state index in [1.807, 2.05) is 16.7 Å². The molecular formula is C8H5IN2O. The molecular weight excluding hydrogens is 267 g/mol. The number of halogens is 1. The van der Waals surface area contributed by atoms with E-state index in [1.54, 1.807) is 12.4 Å². The number of rotatable bonds is 1. The summed E-state index contributed by atoms with van der Waals surface area (Å²) in [6.45, 7) is 0. The number of fused-ring (bicyclic) bond motifs is 1. The van der Waals surface area contributed by atoms with E-state index in [0.717, 1.165) is 15.5 Å². The molecule has 0 aliphatic carbocycles. The van der Waals surface area contributed by atoms with E-state index in [4.69, 9.17) is 0 Å². The highest BCUT2D eigenvalue weighted by Crippen LogP contribution is 2.12. The number of aromatic nitrogens is 2. The molecule has 0 radical (unpaired) electrons. The van der Waals surface area contributed by atoms with Gasteiger partial charge in [0.2, 0.25) is 0 Å². The van der Waals surface area contributed by atoms with Crippen LogP contribution in [0.25, 0.3) is 5.52 Å². The summed E-state index contributed by atoms with van der Waals surface area (Å²) in [6, 6.07) is 3.58. The number of aldehydes is 1. The van der Waals surface area contributed by atoms with Gasteiger partial charge in [-0.2, -0.15) is 0 Å². The van der Waals surface area contributed by atoms with Crippen molar-refractivity contribution >= 4 is 34.4 Å². The Morgan fingerprint density at radius 1 is 1.58 bits per heavy atom. The maximum absolute atomic E-state index is 10.5. The van der Waals surface area contributed by atoms with Gasteiger partial charge in [-0.05, 0) is 34.7 Å². The molecule has 2 aromatic rings. The van der Waals surface area contributed by atoms with Crippen LogP contribution in [0.5, 0.6) is 0 Å². The smallest absolute Gasteiger partial charge is 0.150 e. The summed E-state index contributed by atoms with van der Waals surface area (Å²) in [5.41, 5.74) is 1.65. The summed E-state index contributed by atoms with van der Waals surface area (Å²) in [5, 5.41) is 0. The Bertz CT molecular complexity index is 436. The lowest BCUT2D eigenvalue weighted by Gasteiger charge is -1.93. The number of pyridine rings is 1. The van der Waals surface area contributed by atoms with Crippen molar-refractivity contribution in [2.75, 3.05) is 0 Å². The Hall–Kier alpha value is -0.910. The summed E-state index contributed by atoms with van der Waals surface area (Å²) >= 11 is 2.14. The average molecular weight is 272 g/mol. The minimum atomic E-state index is 0.681. The van der Waals surface area contributed by atoms with E-state index in [0.29, 0.717) is 5.56 Å². The zero-order valence-electron chi connectivity index (χ0n) is 6.07. The second kappa shape index (κ2) is 2.85. The molecule has 0 bridgehead atoms. The zero-order valence-corrected chi connectivity index (χ0v) is 8.22. The lowest BCUT2D eigenvalue weighted by atomic mass is 10.3. The number of hydrogen-bond donors (Lipinski definition) is 0. The van der Waals surface area contributed by atoms with Gasteiger partial charge in [0.15, 0.2) is 0 Å². The fourth-order valence-corrected chi connectivity index (χ4v) is 1.61. The molecule has 60 valence electrons. The van der Waals surface area contributed by atoms with Crippen LogP contribution in [0.4, 0.5) is 0 Å². The first-order chi connectivity index (χ1) is 5.81. The van der Waals surface area contributed by atoms with Crippen LogP contribution in [0.15, 0.2) is 24.7 Å². The Balaban J connectivity index is 2.79. The molecule has 2 heterocycles. The molecule has 0 aromatic carbocycles. The molecule has 0 spiro atoms. The van der Waals surface area contributed by atoms with E-state index in [9.17, 15) is 4.79 Å². The van der Waals surface area contributed by atoms with Gasteiger partial charge in [0.1, 0.15) is 16.3 Å². The van der Waals surface area contributed by atoms with Crippen molar-refractivity contribution in [3.05, 3.63) is 33.9 Å². The molecule has 0 aliphatic rings. The summed E-state index contributed by atoms with van der Waals surface area (Å²) in [4.78, 5) is 14.6. The standard InChI is InChI=1S/C8H5IN2O/c9-8-7-3-6(4-12)1-2-11(7)5-10-8/h1-5H. The van der Waals surface area contributed by atoms with Crippen molar-refractivity contribution in [2.24, 2.45) is 0 Å². The first-order valence-corrected chi connectivity index (χ1v) is 4.46. The van der Waals surface area contributed by atoms with Gasteiger partial charge < -0.3 is 4.40 Å². The number of hydrogen-bond acceptors (Lipinski definition) is 2. The molecule has 0 N–H and O–H groups in total. The van der Waals surface area contributed by atoms with E-state index in [-0.39, 0.29) is 0 Å². The molecule has 12 heavy (non-hydrogen) atoms. The fraction of sp³-hybridized carbons (Fsp3) is 0. The molecule has 0 saturated carbocycles. The van der Waals surface area contributed by atoms with Crippen LogP contribution in [0.1, 0.15) is 10.4 Å². The summed E-state index contributed by atoms with van der Waals surface area (Å²) in [6.07, 6.45) is 4.39. The Morgan fingerprint density at radius 2 is 2.42 bits per heavy atom. The minimum absolute atomic E-state index is 0.681. The first-order valence-electron chi connectivity index (χ1n) is 3.38. The van der Waals surface area contributed by atoms with Crippen LogP contribution in [0, 0.1) is 3.70 Å². The van der Waals surface area contributed by atoms with E-state index in [1.165, 1.54) is 0 Å². The Kier molecular flexibility index (Phi) is 1.84. The molecule has 0 unspecified atom stereocenters. The number of carbonyl (C=O) groups is 1. The van der Waals surface area contributed by atoms with Gasteiger partial charge in [-0.3, -0.25) is 4.79 Å². The number of carbonyl (C=O) groups excluding carboxylic acids is 1. The largest absolute Gasteiger partial charge is 0.305 e. The van der Waals surface area contributed by atoms with Gasteiger partial charge in [0.25, 0.3) is 0 Å². The highest BCUT2D eigenvalue weighted by atomic mass is 127. The first kappa shape index (κ1) is 7.72. The zero-order chi connectivity index (χ0) is 8.55. The third kappa shape index (κ3) is 1.12. The van der Waals surface area contributed by atoms with Crippen molar-refractivity contribution in [2.45, 2.75) is 0 Å². The van der Waals surface area contributed by atoms with Gasteiger partial charge in [-0.15, -0.1) is 0 Å². The molecule has 0 atom stereocenters. The lowest BCUT2D eigenvalue weighted by molar-refractivity contribution is 0.112. The Labute approximate surface area is 82.6 Å². The van der Waals surface area contributed by atoms with Crippen molar-refractivity contribution in [3.8, 4) is 0 Å². The normalized spacial score (nSPS) is 10.4. The monoisotopic (exact) mass is 272 g/mol. The topological polar surface area (TPSA) is 34.4 Å². The van der Waals surface area contributed by atoms with Gasteiger partial charge >= 0.3 is 0 Å². The van der Waals surface area contributed by atoms with Crippen molar-refractivity contribution in [1.82, 2.24) is 9.38 Å². The predicted octanol–water partition coefficient (Wildman–Crippen LogP) is 1.75. The maximum Gasteiger partial charge on any atom is 0.150 e. The van der Waals surface area contributed by atoms with Gasteiger partial charge in [-0.25, -0.2) is 4.98 Å². The quantitative estimate of drug-likeness (QED) is 0.585. The van der Waals surface area contributed by atoms with Crippen molar-refractivity contribution in [3.63, 3.8) is 0 Å². The van der Waals surface area contributed by atoms with Gasteiger partial charge in [0.05, 0.1) is 5.52 Å². The second-order valence-electron chi connectivity index (χ2n) is 2.41. The fourth-order valence-electron chi connectivity index (χ4n) is 1.05. The van der Waals surface area contributed by atoms with Gasteiger partial charge in [0, 0.05) is 11.8 Å². The molecule has 0 amide bonds. The molecule has 0 fully saturated rings. The third-order valence-corrected chi connectivity index (χ3v) is 2.48. The highest BCUT2D eigenvalue weighted by molar-refractivity contribution is 14.1. The summed E-state index contributed by atoms with van der Waals surface area (Å²) in [5.74, 6) is 0. The molecule has 0 saturated heterocycles. The van der Waals surface area contributed by atoms with Crippen LogP contribution in [0.3, 0.4) is 0 Å². The molecule has 4 heteroatoms. The minimum Gasteiger partial charge on any atom is -0.305 e. The predicted molar refractivity (Wildman–Crippen MR) is 53.3 cm³/mol. The van der Waals surface area contributed by atoms with Crippen LogP contribution in [0.2, 0.25) is 0 Å². The average Bonchev–Trinajstić information content (AvgIpc) is 2.47. The van der Waals surface area contributed by atoms with Crippen molar-refractivity contribution in [1.29, 1.82) is 0 Å². The van der Waals surface area contributed by atoms with E-state index >= 15 is 0 Å². The van der Waals surface area contributed by atoms with E-state index < -0.39 is 0 Å². The number of imidazole rings is 1. The molecule has 2 aromatic heterocycles. The lowest BCUT2D eigenvalue weighted by Crippen LogP contribution is -1.85. The highest BCUT2D eigenvalue weighted by Gasteiger charge is 2.00. The molecule has 0 aliphatic heterocycles. The van der Waals surface area contributed by atoms with Crippen LogP contribution in [-0.4, -0.2) is 15.7 Å². The second-order valence-corrected chi connectivity index (χ2v) is 3.43. The summed E-state index contributed by atoms with van der Waals surface area (Å²) < 4.78 is 2.80. The van der Waals surface area contributed by atoms with Gasteiger partial charge in [-0.1, -0.05) is 0 Å². The third-order valence-electron chi connectivity index (χ3n) is 1.65. The molecule has 3 nitrogen and oxygen atoms in total. The maximum atomic E-state index is 10.5. The molecule has 2 rings (SSSR count). The van der Waals surface area contributed by atoms with Crippen LogP contribution >= 0.6 is 22.6 Å². The van der Waals surface area contributed by atoms with E-state index in [2.05, 4.69) is 27.6 Å². The summed E-state index contributed by atoms with van der Waals surface area (Å²) in [7, 11) is 0. The van der Waals surface area contributed by atoms with Crippen LogP contribution in [-0.2, 0) is 0 Å². The SMILES string of the molecule is O=Cc1ccn2cnc(I)c2c1. The van der Waals surface area contributed by atoms with Crippen LogP contribution < -0.4 is 0 Å².